The Balaban J connectivity index is 2.32. The first-order valence-corrected chi connectivity index (χ1v) is 3.24. The Kier molecular flexibility index (Phi) is 2.45. The molecule has 0 bridgehead atoms. The SMILES string of the molecule is CN[C@H]1COC[C@H]1CO. The molecule has 1 aliphatic rings. The lowest BCUT2D eigenvalue weighted by Crippen LogP contribution is -2.34. The molecule has 1 aliphatic heterocycles. The van der Waals surface area contributed by atoms with E-state index in [0.717, 1.165) is 6.61 Å². The van der Waals surface area contributed by atoms with Gasteiger partial charge in [-0.1, -0.05) is 0 Å². The minimum Gasteiger partial charge on any atom is -0.396 e. The van der Waals surface area contributed by atoms with Gasteiger partial charge in [0.15, 0.2) is 0 Å². The number of hydrogen-bond acceptors (Lipinski definition) is 3. The molecule has 1 heterocycles. The molecule has 3 heteroatoms. The number of ether oxygens (including phenoxy) is 1. The smallest absolute Gasteiger partial charge is 0.0624 e. The predicted octanol–water partition coefficient (Wildman–Crippen LogP) is -0.787. The molecule has 1 rings (SSSR count). The molecular formula is C6H13NO2. The van der Waals surface area contributed by atoms with E-state index in [4.69, 9.17) is 9.84 Å². The summed E-state index contributed by atoms with van der Waals surface area (Å²) >= 11 is 0. The molecule has 54 valence electrons. The fourth-order valence-electron chi connectivity index (χ4n) is 1.10. The number of hydrogen-bond donors (Lipinski definition) is 2. The van der Waals surface area contributed by atoms with Gasteiger partial charge in [0.2, 0.25) is 0 Å². The van der Waals surface area contributed by atoms with Crippen molar-refractivity contribution in [3.8, 4) is 0 Å². The van der Waals surface area contributed by atoms with Gasteiger partial charge in [-0.3, -0.25) is 0 Å². The summed E-state index contributed by atoms with van der Waals surface area (Å²) in [5.74, 6) is 0.301. The summed E-state index contributed by atoms with van der Waals surface area (Å²) in [6, 6.07) is 0.356. The minimum absolute atomic E-state index is 0.228. The van der Waals surface area contributed by atoms with Crippen LogP contribution in [-0.4, -0.2) is 38.0 Å². The Labute approximate surface area is 55.0 Å². The molecule has 1 saturated heterocycles. The predicted molar refractivity (Wildman–Crippen MR) is 34.2 cm³/mol. The van der Waals surface area contributed by atoms with Crippen LogP contribution in [0.2, 0.25) is 0 Å². The number of rotatable bonds is 2. The van der Waals surface area contributed by atoms with Crippen molar-refractivity contribution < 1.29 is 9.84 Å². The van der Waals surface area contributed by atoms with E-state index in [-0.39, 0.29) is 6.61 Å². The highest BCUT2D eigenvalue weighted by Crippen LogP contribution is 2.11. The monoisotopic (exact) mass is 131 g/mol. The Morgan fingerprint density at radius 3 is 2.89 bits per heavy atom. The van der Waals surface area contributed by atoms with Gasteiger partial charge in [0, 0.05) is 18.6 Å². The fourth-order valence-corrected chi connectivity index (χ4v) is 1.10. The molecule has 0 radical (unpaired) electrons. The van der Waals surface area contributed by atoms with Gasteiger partial charge in [0.05, 0.1) is 13.2 Å². The second kappa shape index (κ2) is 3.15. The van der Waals surface area contributed by atoms with Crippen LogP contribution in [0.5, 0.6) is 0 Å². The van der Waals surface area contributed by atoms with Crippen LogP contribution in [0.3, 0.4) is 0 Å². The molecule has 0 aliphatic carbocycles. The molecule has 0 aromatic rings. The van der Waals surface area contributed by atoms with Crippen LogP contribution in [0.4, 0.5) is 0 Å². The van der Waals surface area contributed by atoms with Crippen molar-refractivity contribution in [1.29, 1.82) is 0 Å². The third-order valence-electron chi connectivity index (χ3n) is 1.80. The largest absolute Gasteiger partial charge is 0.396 e. The summed E-state index contributed by atoms with van der Waals surface area (Å²) in [5, 5.41) is 11.8. The second-order valence-corrected chi connectivity index (χ2v) is 2.38. The van der Waals surface area contributed by atoms with Gasteiger partial charge < -0.3 is 15.2 Å². The molecule has 0 unspecified atom stereocenters. The van der Waals surface area contributed by atoms with Crippen molar-refractivity contribution in [1.82, 2.24) is 5.32 Å². The Bertz CT molecular complexity index is 77.1. The van der Waals surface area contributed by atoms with E-state index in [9.17, 15) is 0 Å². The molecule has 2 atom stereocenters. The summed E-state index contributed by atoms with van der Waals surface area (Å²) in [5.41, 5.74) is 0. The first-order chi connectivity index (χ1) is 4.38. The number of likely N-dealkylation sites (N-methyl/N-ethyl adjacent to an activating group) is 1. The lowest BCUT2D eigenvalue weighted by molar-refractivity contribution is 0.160. The maximum atomic E-state index is 8.75. The van der Waals surface area contributed by atoms with Crippen LogP contribution in [0, 0.1) is 5.92 Å². The normalized spacial score (nSPS) is 35.3. The average Bonchev–Trinajstić information content (AvgIpc) is 2.33. The highest BCUT2D eigenvalue weighted by atomic mass is 16.5. The van der Waals surface area contributed by atoms with Crippen LogP contribution in [-0.2, 0) is 4.74 Å². The molecule has 0 saturated carbocycles. The third kappa shape index (κ3) is 1.41. The van der Waals surface area contributed by atoms with Gasteiger partial charge in [-0.15, -0.1) is 0 Å². The lowest BCUT2D eigenvalue weighted by Gasteiger charge is -2.12. The van der Waals surface area contributed by atoms with E-state index >= 15 is 0 Å². The lowest BCUT2D eigenvalue weighted by atomic mass is 10.1. The number of aliphatic hydroxyl groups is 1. The first kappa shape index (κ1) is 6.99. The van der Waals surface area contributed by atoms with E-state index < -0.39 is 0 Å². The molecule has 0 aromatic carbocycles. The quantitative estimate of drug-likeness (QED) is 0.516. The average molecular weight is 131 g/mol. The van der Waals surface area contributed by atoms with Crippen molar-refractivity contribution >= 4 is 0 Å². The van der Waals surface area contributed by atoms with Gasteiger partial charge in [0.1, 0.15) is 0 Å². The van der Waals surface area contributed by atoms with Gasteiger partial charge in [-0.2, -0.15) is 0 Å². The topological polar surface area (TPSA) is 41.5 Å². The Morgan fingerprint density at radius 2 is 2.44 bits per heavy atom. The zero-order chi connectivity index (χ0) is 6.69. The van der Waals surface area contributed by atoms with Crippen molar-refractivity contribution in [3.63, 3.8) is 0 Å². The van der Waals surface area contributed by atoms with Crippen molar-refractivity contribution in [2.24, 2.45) is 5.92 Å². The molecule has 1 fully saturated rings. The second-order valence-electron chi connectivity index (χ2n) is 2.38. The summed E-state index contributed by atoms with van der Waals surface area (Å²) in [6.45, 7) is 1.66. The van der Waals surface area contributed by atoms with Crippen LogP contribution in [0.25, 0.3) is 0 Å². The van der Waals surface area contributed by atoms with E-state index in [1.54, 1.807) is 0 Å². The third-order valence-corrected chi connectivity index (χ3v) is 1.80. The maximum Gasteiger partial charge on any atom is 0.0624 e. The van der Waals surface area contributed by atoms with E-state index in [1.165, 1.54) is 0 Å². The van der Waals surface area contributed by atoms with Gasteiger partial charge in [0.25, 0.3) is 0 Å². The molecule has 3 nitrogen and oxygen atoms in total. The first-order valence-electron chi connectivity index (χ1n) is 3.24. The molecule has 0 spiro atoms. The van der Waals surface area contributed by atoms with Gasteiger partial charge >= 0.3 is 0 Å². The van der Waals surface area contributed by atoms with Crippen LogP contribution in [0.15, 0.2) is 0 Å². The number of nitrogens with one attached hydrogen (secondary N) is 1. The molecular weight excluding hydrogens is 118 g/mol. The van der Waals surface area contributed by atoms with Crippen LogP contribution in [0.1, 0.15) is 0 Å². The molecule has 9 heavy (non-hydrogen) atoms. The Hall–Kier alpha value is -0.120. The standard InChI is InChI=1S/C6H13NO2/c1-7-6-4-9-3-5(6)2-8/h5-8H,2-4H2,1H3/t5-,6+/m1/s1. The van der Waals surface area contributed by atoms with Crippen molar-refractivity contribution in [2.75, 3.05) is 26.9 Å². The van der Waals surface area contributed by atoms with E-state index in [0.29, 0.717) is 18.6 Å². The summed E-state index contributed by atoms with van der Waals surface area (Å²) < 4.78 is 5.13. The van der Waals surface area contributed by atoms with Gasteiger partial charge in [-0.05, 0) is 7.05 Å². The summed E-state index contributed by atoms with van der Waals surface area (Å²) in [6.07, 6.45) is 0. The number of aliphatic hydroxyl groups excluding tert-OH is 1. The highest BCUT2D eigenvalue weighted by molar-refractivity contribution is 4.78. The Morgan fingerprint density at radius 1 is 1.67 bits per heavy atom. The van der Waals surface area contributed by atoms with Crippen LogP contribution < -0.4 is 5.32 Å². The van der Waals surface area contributed by atoms with Crippen molar-refractivity contribution in [2.45, 2.75) is 6.04 Å². The molecule has 0 aromatic heterocycles. The van der Waals surface area contributed by atoms with E-state index in [2.05, 4.69) is 5.32 Å². The van der Waals surface area contributed by atoms with Crippen LogP contribution >= 0.6 is 0 Å². The molecule has 2 N–H and O–H groups in total. The zero-order valence-electron chi connectivity index (χ0n) is 5.63. The zero-order valence-corrected chi connectivity index (χ0v) is 5.63. The highest BCUT2D eigenvalue weighted by Gasteiger charge is 2.25. The summed E-state index contributed by atoms with van der Waals surface area (Å²) in [4.78, 5) is 0. The fraction of sp³-hybridized carbons (Fsp3) is 1.00. The van der Waals surface area contributed by atoms with Gasteiger partial charge in [-0.25, -0.2) is 0 Å². The minimum atomic E-state index is 0.228. The van der Waals surface area contributed by atoms with Crippen molar-refractivity contribution in [3.05, 3.63) is 0 Å². The van der Waals surface area contributed by atoms with E-state index in [1.807, 2.05) is 7.05 Å². The maximum absolute atomic E-state index is 8.75. The molecule has 0 amide bonds. The summed E-state index contributed by atoms with van der Waals surface area (Å²) in [7, 11) is 1.89.